The molecule has 0 unspecified atom stereocenters. The number of carbonyl (C=O) groups excluding carboxylic acids is 1. The van der Waals surface area contributed by atoms with Crippen LogP contribution in [0.5, 0.6) is 0 Å². The van der Waals surface area contributed by atoms with Gasteiger partial charge in [0.15, 0.2) is 0 Å². The van der Waals surface area contributed by atoms with Crippen LogP contribution in [0.15, 0.2) is 17.5 Å². The van der Waals surface area contributed by atoms with Gasteiger partial charge in [0.05, 0.1) is 17.1 Å². The van der Waals surface area contributed by atoms with Gasteiger partial charge in [-0.3, -0.25) is 9.89 Å². The maximum Gasteiger partial charge on any atom is 0.277 e. The van der Waals surface area contributed by atoms with Gasteiger partial charge in [-0.25, -0.2) is 5.14 Å². The van der Waals surface area contributed by atoms with Crippen LogP contribution in [0.25, 0.3) is 0 Å². The van der Waals surface area contributed by atoms with E-state index in [9.17, 15) is 13.2 Å². The van der Waals surface area contributed by atoms with Crippen molar-refractivity contribution in [2.24, 2.45) is 5.14 Å². The molecule has 0 radical (unpaired) electrons. The van der Waals surface area contributed by atoms with Crippen LogP contribution < -0.4 is 10.5 Å². The number of H-pyrrole nitrogens is 1. The molecule has 1 aliphatic heterocycles. The molecule has 2 aromatic rings. The minimum absolute atomic E-state index is 0.102. The number of nitrogens with one attached hydrogen (secondary N) is 2. The van der Waals surface area contributed by atoms with Gasteiger partial charge in [0.2, 0.25) is 0 Å². The van der Waals surface area contributed by atoms with Gasteiger partial charge in [-0.1, -0.05) is 6.07 Å². The largest absolute Gasteiger partial charge is 0.306 e. The zero-order valence-corrected chi connectivity index (χ0v) is 11.8. The molecule has 0 aliphatic carbocycles. The van der Waals surface area contributed by atoms with E-state index in [1.165, 1.54) is 11.3 Å². The van der Waals surface area contributed by atoms with Crippen LogP contribution in [0.2, 0.25) is 0 Å². The Morgan fingerprint density at radius 1 is 1.50 bits per heavy atom. The molecule has 0 saturated heterocycles. The molecule has 0 bridgehead atoms. The lowest BCUT2D eigenvalue weighted by molar-refractivity contribution is 0.103. The Labute approximate surface area is 118 Å². The second-order valence-electron chi connectivity index (χ2n) is 4.27. The predicted octanol–water partition coefficient (Wildman–Crippen LogP) is 0.243. The number of thiophene rings is 1. The third kappa shape index (κ3) is 2.33. The highest BCUT2D eigenvalue weighted by Crippen LogP contribution is 2.28. The highest BCUT2D eigenvalue weighted by molar-refractivity contribution is 7.86. The van der Waals surface area contributed by atoms with Crippen molar-refractivity contribution in [3.05, 3.63) is 33.6 Å². The average molecular weight is 313 g/mol. The zero-order valence-electron chi connectivity index (χ0n) is 10.2. The molecule has 10 heteroatoms. The van der Waals surface area contributed by atoms with E-state index in [0.29, 0.717) is 22.0 Å². The first-order valence-corrected chi connectivity index (χ1v) is 8.02. The highest BCUT2D eigenvalue weighted by atomic mass is 32.2. The second-order valence-corrected chi connectivity index (χ2v) is 6.76. The first-order valence-electron chi connectivity index (χ1n) is 5.64. The molecule has 0 saturated carbocycles. The lowest BCUT2D eigenvalue weighted by Crippen LogP contribution is -2.32. The number of hydrogen-bond donors (Lipinski definition) is 3. The van der Waals surface area contributed by atoms with Gasteiger partial charge >= 0.3 is 0 Å². The molecule has 20 heavy (non-hydrogen) atoms. The fourth-order valence-electron chi connectivity index (χ4n) is 1.97. The van der Waals surface area contributed by atoms with Crippen LogP contribution in [-0.4, -0.2) is 28.8 Å². The fraction of sp³-hybridized carbons (Fsp3) is 0.200. The summed E-state index contributed by atoms with van der Waals surface area (Å²) in [5, 5.41) is 16.3. The normalized spacial score (nSPS) is 15.2. The summed E-state index contributed by atoms with van der Waals surface area (Å²) in [5.41, 5.74) is 1.21. The molecule has 0 spiro atoms. The molecular weight excluding hydrogens is 302 g/mol. The van der Waals surface area contributed by atoms with Crippen LogP contribution in [-0.2, 0) is 23.3 Å². The van der Waals surface area contributed by atoms with Gasteiger partial charge < -0.3 is 5.32 Å². The lowest BCUT2D eigenvalue weighted by Gasteiger charge is -2.11. The fourth-order valence-corrected chi connectivity index (χ4v) is 3.20. The second kappa shape index (κ2) is 4.66. The van der Waals surface area contributed by atoms with Crippen LogP contribution >= 0.6 is 11.3 Å². The number of aromatic nitrogens is 2. The molecule has 3 heterocycles. The van der Waals surface area contributed by atoms with E-state index in [1.54, 1.807) is 17.5 Å². The van der Waals surface area contributed by atoms with Crippen molar-refractivity contribution in [3.8, 4) is 0 Å². The molecule has 4 N–H and O–H groups in total. The lowest BCUT2D eigenvalue weighted by atomic mass is 10.3. The number of rotatable bonds is 3. The number of fused-ring (bicyclic) bond motifs is 1. The van der Waals surface area contributed by atoms with Crippen molar-refractivity contribution in [3.63, 3.8) is 0 Å². The molecule has 106 valence electrons. The van der Waals surface area contributed by atoms with Crippen molar-refractivity contribution < 1.29 is 13.2 Å². The number of anilines is 1. The minimum Gasteiger partial charge on any atom is -0.306 e. The molecule has 0 fully saturated rings. The van der Waals surface area contributed by atoms with Crippen molar-refractivity contribution in [1.29, 1.82) is 0 Å². The molecule has 3 rings (SSSR count). The van der Waals surface area contributed by atoms with Gasteiger partial charge in [-0.15, -0.1) is 11.3 Å². The molecule has 2 aromatic heterocycles. The first kappa shape index (κ1) is 13.2. The summed E-state index contributed by atoms with van der Waals surface area (Å²) in [6.45, 7) is 0.213. The summed E-state index contributed by atoms with van der Waals surface area (Å²) < 4.78 is 23.7. The van der Waals surface area contributed by atoms with Crippen molar-refractivity contribution in [2.75, 3.05) is 5.32 Å². The third-order valence-electron chi connectivity index (χ3n) is 2.96. The smallest absolute Gasteiger partial charge is 0.277 e. The van der Waals surface area contributed by atoms with E-state index in [2.05, 4.69) is 15.5 Å². The Balaban J connectivity index is 1.81. The number of nitrogens with zero attached hydrogens (tertiary/aromatic N) is 2. The maximum absolute atomic E-state index is 11.9. The summed E-state index contributed by atoms with van der Waals surface area (Å²) in [7, 11) is -3.76. The van der Waals surface area contributed by atoms with Gasteiger partial charge in [0.1, 0.15) is 5.82 Å². The molecule has 0 aromatic carbocycles. The summed E-state index contributed by atoms with van der Waals surface area (Å²) in [6.07, 6.45) is 0. The van der Waals surface area contributed by atoms with E-state index < -0.39 is 10.2 Å². The Hall–Kier alpha value is -1.75. The summed E-state index contributed by atoms with van der Waals surface area (Å²) >= 11 is 1.32. The quantitative estimate of drug-likeness (QED) is 0.751. The molecule has 1 aliphatic rings. The van der Waals surface area contributed by atoms with Crippen molar-refractivity contribution in [1.82, 2.24) is 14.5 Å². The third-order valence-corrected chi connectivity index (χ3v) is 4.80. The number of carbonyl (C=O) groups is 1. The van der Waals surface area contributed by atoms with Crippen LogP contribution in [0.3, 0.4) is 0 Å². The number of amides is 1. The molecule has 0 atom stereocenters. The summed E-state index contributed by atoms with van der Waals surface area (Å²) in [5.74, 6) is 0.144. The summed E-state index contributed by atoms with van der Waals surface area (Å²) in [6, 6.07) is 3.48. The van der Waals surface area contributed by atoms with Crippen molar-refractivity contribution in [2.45, 2.75) is 13.1 Å². The van der Waals surface area contributed by atoms with Crippen LogP contribution in [0.1, 0.15) is 20.9 Å². The Morgan fingerprint density at radius 3 is 2.95 bits per heavy atom. The summed E-state index contributed by atoms with van der Waals surface area (Å²) in [4.78, 5) is 12.5. The number of aromatic amines is 1. The molecular formula is C10H11N5O3S2. The number of hydrogen-bond acceptors (Lipinski definition) is 5. The van der Waals surface area contributed by atoms with Crippen LogP contribution in [0, 0.1) is 0 Å². The minimum atomic E-state index is -3.76. The molecule has 1 amide bonds. The highest BCUT2D eigenvalue weighted by Gasteiger charge is 2.31. The Bertz CT molecular complexity index is 750. The molecule has 8 nitrogen and oxygen atoms in total. The predicted molar refractivity (Wildman–Crippen MR) is 73.2 cm³/mol. The monoisotopic (exact) mass is 313 g/mol. The standard InChI is InChI=1S/C10H11N5O3S2/c11-20(17,18)15-4-6-7(5-15)13-14-9(6)12-10(16)8-2-1-3-19-8/h1-3H,4-5H2,(H2,11,17,18)(H2,12,13,14,16). The Morgan fingerprint density at radius 2 is 2.30 bits per heavy atom. The van der Waals surface area contributed by atoms with E-state index in [4.69, 9.17) is 5.14 Å². The SMILES string of the molecule is NS(=O)(=O)N1Cc2n[nH]c(NC(=O)c3cccs3)c2C1. The van der Waals surface area contributed by atoms with Gasteiger partial charge in [-0.05, 0) is 11.4 Å². The van der Waals surface area contributed by atoms with Gasteiger partial charge in [-0.2, -0.15) is 17.8 Å². The average Bonchev–Trinajstić information content (AvgIpc) is 3.03. The van der Waals surface area contributed by atoms with E-state index in [1.807, 2.05) is 0 Å². The van der Waals surface area contributed by atoms with E-state index in [-0.39, 0.29) is 19.0 Å². The first-order chi connectivity index (χ1) is 9.45. The maximum atomic E-state index is 11.9. The van der Waals surface area contributed by atoms with Gasteiger partial charge in [0.25, 0.3) is 16.1 Å². The van der Waals surface area contributed by atoms with Crippen LogP contribution in [0.4, 0.5) is 5.82 Å². The topological polar surface area (TPSA) is 121 Å². The number of nitrogens with two attached hydrogens (primary N) is 1. The Kier molecular flexibility index (Phi) is 3.09. The van der Waals surface area contributed by atoms with Crippen molar-refractivity contribution >= 4 is 33.3 Å². The van der Waals surface area contributed by atoms with E-state index in [0.717, 1.165) is 4.31 Å². The van der Waals surface area contributed by atoms with E-state index >= 15 is 0 Å². The zero-order chi connectivity index (χ0) is 14.3. The van der Waals surface area contributed by atoms with Gasteiger partial charge in [0, 0.05) is 12.1 Å².